The summed E-state index contributed by atoms with van der Waals surface area (Å²) in [6.07, 6.45) is 0. The highest BCUT2D eigenvalue weighted by Gasteiger charge is 2.34. The van der Waals surface area contributed by atoms with Crippen LogP contribution in [0, 0.1) is 11.6 Å². The zero-order valence-electron chi connectivity index (χ0n) is 15.0. The molecule has 0 aliphatic heterocycles. The van der Waals surface area contributed by atoms with Gasteiger partial charge in [0.15, 0.2) is 11.5 Å². The molecule has 0 bridgehead atoms. The van der Waals surface area contributed by atoms with E-state index >= 15 is 0 Å². The Balaban J connectivity index is 2.46. The van der Waals surface area contributed by atoms with Gasteiger partial charge in [-0.25, -0.2) is 23.1 Å². The minimum Gasteiger partial charge on any atom is -0.465 e. The van der Waals surface area contributed by atoms with Crippen molar-refractivity contribution in [2.24, 2.45) is 0 Å². The first-order chi connectivity index (χ1) is 13.8. The van der Waals surface area contributed by atoms with Gasteiger partial charge in [-0.1, -0.05) is 18.2 Å². The monoisotopic (exact) mass is 528 g/mol. The van der Waals surface area contributed by atoms with Gasteiger partial charge >= 0.3 is 11.9 Å². The minimum absolute atomic E-state index is 0.124. The van der Waals surface area contributed by atoms with Gasteiger partial charge in [0.2, 0.25) is 0 Å². The van der Waals surface area contributed by atoms with Crippen LogP contribution in [0.1, 0.15) is 20.8 Å². The minimum atomic E-state index is -0.961. The van der Waals surface area contributed by atoms with E-state index in [0.717, 1.165) is 25.0 Å². The number of carbonyl (C=O) groups excluding carboxylic acids is 2. The number of para-hydroxylation sites is 1. The van der Waals surface area contributed by atoms with Gasteiger partial charge in [-0.15, -0.1) is 0 Å². The second kappa shape index (κ2) is 8.42. The molecule has 0 unspecified atom stereocenters. The lowest BCUT2D eigenvalue weighted by Gasteiger charge is -2.08. The van der Waals surface area contributed by atoms with Crippen LogP contribution in [-0.4, -0.2) is 35.9 Å². The highest BCUT2D eigenvalue weighted by atomic mass is 79.9. The highest BCUT2D eigenvalue weighted by molar-refractivity contribution is 9.11. The number of esters is 2. The summed E-state index contributed by atoms with van der Waals surface area (Å²) in [5.41, 5.74) is -0.860. The number of hydrogen-bond donors (Lipinski definition) is 0. The molecule has 1 heterocycles. The highest BCUT2D eigenvalue weighted by Crippen LogP contribution is 2.39. The summed E-state index contributed by atoms with van der Waals surface area (Å²) >= 11 is 5.92. The van der Waals surface area contributed by atoms with Crippen LogP contribution in [0.5, 0.6) is 0 Å². The molecule has 0 saturated carbocycles. The Morgan fingerprint density at radius 2 is 1.66 bits per heavy atom. The Kier molecular flexibility index (Phi) is 6.13. The number of nitrogens with zero attached hydrogens (tertiary/aromatic N) is 2. The third-order valence-corrected chi connectivity index (χ3v) is 5.33. The topological polar surface area (TPSA) is 70.4 Å². The first-order valence-electron chi connectivity index (χ1n) is 8.00. The van der Waals surface area contributed by atoms with E-state index in [2.05, 4.69) is 37.0 Å². The van der Waals surface area contributed by atoms with Gasteiger partial charge in [0.05, 0.1) is 34.4 Å². The van der Waals surface area contributed by atoms with E-state index in [-0.39, 0.29) is 31.5 Å². The fourth-order valence-electron chi connectivity index (χ4n) is 2.71. The van der Waals surface area contributed by atoms with E-state index in [4.69, 9.17) is 9.47 Å². The van der Waals surface area contributed by atoms with Gasteiger partial charge in [0.25, 0.3) is 0 Å². The third-order valence-electron chi connectivity index (χ3n) is 4.01. The van der Waals surface area contributed by atoms with Gasteiger partial charge in [0.1, 0.15) is 17.1 Å². The van der Waals surface area contributed by atoms with Crippen molar-refractivity contribution in [1.82, 2.24) is 9.78 Å². The Morgan fingerprint density at radius 3 is 2.24 bits per heavy atom. The fourth-order valence-corrected chi connectivity index (χ4v) is 3.97. The van der Waals surface area contributed by atoms with Crippen LogP contribution in [0.3, 0.4) is 0 Å². The van der Waals surface area contributed by atoms with Crippen molar-refractivity contribution in [3.63, 3.8) is 0 Å². The molecule has 6 nitrogen and oxygen atoms in total. The lowest BCUT2D eigenvalue weighted by atomic mass is 10.0. The number of benzene rings is 2. The number of halogens is 4. The molecule has 0 N–H and O–H groups in total. The number of carbonyl (C=O) groups is 2. The molecule has 3 aromatic rings. The van der Waals surface area contributed by atoms with E-state index < -0.39 is 23.6 Å². The standard InChI is InChI=1S/C19H12Br2F2N2O4/c1-28-18(26)13-16(12-11(22)8-10(20)15(23)14(12)21)24-25(17(13)19(27)29-2)9-6-4-3-5-7-9/h3-8H,1-2H3. The zero-order chi connectivity index (χ0) is 21.3. The van der Waals surface area contributed by atoms with Crippen molar-refractivity contribution in [3.05, 3.63) is 68.2 Å². The van der Waals surface area contributed by atoms with Crippen molar-refractivity contribution >= 4 is 43.8 Å². The van der Waals surface area contributed by atoms with E-state index in [0.29, 0.717) is 5.69 Å². The predicted molar refractivity (Wildman–Crippen MR) is 107 cm³/mol. The Labute approximate surface area is 180 Å². The number of aromatic nitrogens is 2. The number of ether oxygens (including phenoxy) is 2. The van der Waals surface area contributed by atoms with Gasteiger partial charge in [-0.05, 0) is 50.1 Å². The van der Waals surface area contributed by atoms with E-state index in [1.165, 1.54) is 0 Å². The van der Waals surface area contributed by atoms with Crippen molar-refractivity contribution in [2.75, 3.05) is 14.2 Å². The fraction of sp³-hybridized carbons (Fsp3) is 0.105. The molecule has 0 atom stereocenters. The van der Waals surface area contributed by atoms with E-state index in [9.17, 15) is 18.4 Å². The summed E-state index contributed by atoms with van der Waals surface area (Å²) in [7, 11) is 2.22. The molecule has 0 saturated heterocycles. The lowest BCUT2D eigenvalue weighted by Crippen LogP contribution is -2.15. The van der Waals surface area contributed by atoms with Gasteiger partial charge < -0.3 is 9.47 Å². The molecule has 0 aliphatic carbocycles. The summed E-state index contributed by atoms with van der Waals surface area (Å²) in [5.74, 6) is -3.53. The maximum Gasteiger partial charge on any atom is 0.357 e. The smallest absolute Gasteiger partial charge is 0.357 e. The quantitative estimate of drug-likeness (QED) is 0.273. The lowest BCUT2D eigenvalue weighted by molar-refractivity contribution is 0.0549. The molecule has 0 aliphatic rings. The zero-order valence-corrected chi connectivity index (χ0v) is 18.2. The summed E-state index contributed by atoms with van der Waals surface area (Å²) in [6, 6.07) is 9.26. The summed E-state index contributed by atoms with van der Waals surface area (Å²) in [6.45, 7) is 0. The summed E-state index contributed by atoms with van der Waals surface area (Å²) in [5, 5.41) is 4.24. The van der Waals surface area contributed by atoms with Gasteiger partial charge in [-0.3, -0.25) is 0 Å². The summed E-state index contributed by atoms with van der Waals surface area (Å²) in [4.78, 5) is 25.1. The van der Waals surface area contributed by atoms with E-state index in [1.54, 1.807) is 30.3 Å². The van der Waals surface area contributed by atoms with Crippen LogP contribution < -0.4 is 0 Å². The molecule has 1 aromatic heterocycles. The molecule has 2 aromatic carbocycles. The van der Waals surface area contributed by atoms with Crippen molar-refractivity contribution in [2.45, 2.75) is 0 Å². The summed E-state index contributed by atoms with van der Waals surface area (Å²) < 4.78 is 39.5. The first kappa shape index (κ1) is 21.1. The average molecular weight is 530 g/mol. The second-order valence-electron chi connectivity index (χ2n) is 5.65. The molecule has 0 spiro atoms. The van der Waals surface area contributed by atoms with Crippen LogP contribution in [0.2, 0.25) is 0 Å². The molecule has 150 valence electrons. The number of rotatable bonds is 4. The first-order valence-corrected chi connectivity index (χ1v) is 9.58. The van der Waals surface area contributed by atoms with Crippen LogP contribution in [0.4, 0.5) is 8.78 Å². The number of methoxy groups -OCH3 is 2. The predicted octanol–water partition coefficient (Wildman–Crippen LogP) is 4.92. The SMILES string of the molecule is COC(=O)c1c(-c2c(F)cc(Br)c(F)c2Br)nn(-c2ccccc2)c1C(=O)OC. The molecular formula is C19H12Br2F2N2O4. The normalized spacial score (nSPS) is 10.7. The maximum absolute atomic E-state index is 14.8. The molecule has 10 heteroatoms. The average Bonchev–Trinajstić information content (AvgIpc) is 3.11. The molecule has 29 heavy (non-hydrogen) atoms. The van der Waals surface area contributed by atoms with E-state index in [1.807, 2.05) is 0 Å². The molecule has 0 radical (unpaired) electrons. The molecular weight excluding hydrogens is 518 g/mol. The van der Waals surface area contributed by atoms with Crippen LogP contribution in [0.25, 0.3) is 16.9 Å². The molecule has 0 amide bonds. The van der Waals surface area contributed by atoms with Crippen molar-refractivity contribution in [3.8, 4) is 16.9 Å². The van der Waals surface area contributed by atoms with Crippen LogP contribution in [-0.2, 0) is 9.47 Å². The van der Waals surface area contributed by atoms with Gasteiger partial charge in [-0.2, -0.15) is 5.10 Å². The van der Waals surface area contributed by atoms with Gasteiger partial charge in [0, 0.05) is 0 Å². The maximum atomic E-state index is 14.8. The Bertz CT molecular complexity index is 1120. The van der Waals surface area contributed by atoms with Crippen LogP contribution in [0.15, 0.2) is 45.3 Å². The van der Waals surface area contributed by atoms with Crippen molar-refractivity contribution in [1.29, 1.82) is 0 Å². The van der Waals surface area contributed by atoms with Crippen molar-refractivity contribution < 1.29 is 27.8 Å². The Hall–Kier alpha value is -2.59. The third kappa shape index (κ3) is 3.69. The largest absolute Gasteiger partial charge is 0.465 e. The Morgan fingerprint density at radius 1 is 1.03 bits per heavy atom. The molecule has 0 fully saturated rings. The second-order valence-corrected chi connectivity index (χ2v) is 7.29. The van der Waals surface area contributed by atoms with Crippen LogP contribution >= 0.6 is 31.9 Å². The number of hydrogen-bond acceptors (Lipinski definition) is 5. The molecule has 3 rings (SSSR count).